The Morgan fingerprint density at radius 2 is 1.35 bits per heavy atom. The second-order valence-electron chi connectivity index (χ2n) is 3.04. The van der Waals surface area contributed by atoms with E-state index < -0.39 is 0 Å². The van der Waals surface area contributed by atoms with Crippen molar-refractivity contribution in [1.29, 1.82) is 0 Å². The van der Waals surface area contributed by atoms with Crippen LogP contribution in [0.2, 0.25) is 0 Å². The lowest BCUT2D eigenvalue weighted by molar-refractivity contribution is 1.11. The fraction of sp³-hybridized carbons (Fsp3) is 0.412. The molecule has 0 aromatic rings. The summed E-state index contributed by atoms with van der Waals surface area (Å²) in [5, 5.41) is 0. The third-order valence-electron chi connectivity index (χ3n) is 1.29. The van der Waals surface area contributed by atoms with Crippen LogP contribution < -0.4 is 0 Å². The Morgan fingerprint density at radius 3 is 1.53 bits per heavy atom. The molecule has 0 spiro atoms. The SMILES string of the molecule is C=C.C=C(C)/C=C\C=C/C.C=C(C)CC.CC. The minimum atomic E-state index is 1.09. The fourth-order valence-corrected chi connectivity index (χ4v) is 0.331. The van der Waals surface area contributed by atoms with Crippen LogP contribution in [0, 0.1) is 0 Å². The zero-order valence-corrected chi connectivity index (χ0v) is 12.8. The molecular formula is C17H32. The molecule has 0 bridgehead atoms. The number of rotatable bonds is 3. The molecule has 0 saturated carbocycles. The first-order valence-electron chi connectivity index (χ1n) is 6.13. The molecular weight excluding hydrogens is 204 g/mol. The molecule has 0 heterocycles. The third kappa shape index (κ3) is 73.0. The first-order chi connectivity index (χ1) is 8.04. The largest absolute Gasteiger partial charge is 0.106 e. The van der Waals surface area contributed by atoms with Crippen molar-refractivity contribution in [1.82, 2.24) is 0 Å². The Kier molecular flexibility index (Phi) is 42.7. The monoisotopic (exact) mass is 236 g/mol. The van der Waals surface area contributed by atoms with Crippen molar-refractivity contribution in [2.75, 3.05) is 0 Å². The van der Waals surface area contributed by atoms with Gasteiger partial charge in [0, 0.05) is 0 Å². The van der Waals surface area contributed by atoms with E-state index in [0.717, 1.165) is 12.0 Å². The smallest absolute Gasteiger partial charge is 0.0354 e. The summed E-state index contributed by atoms with van der Waals surface area (Å²) in [6, 6.07) is 0. The number of hydrogen-bond donors (Lipinski definition) is 0. The topological polar surface area (TPSA) is 0 Å². The van der Waals surface area contributed by atoms with E-state index in [0.29, 0.717) is 0 Å². The maximum atomic E-state index is 3.71. The molecule has 0 amide bonds. The van der Waals surface area contributed by atoms with Gasteiger partial charge >= 0.3 is 0 Å². The van der Waals surface area contributed by atoms with E-state index in [4.69, 9.17) is 0 Å². The molecule has 100 valence electrons. The van der Waals surface area contributed by atoms with Gasteiger partial charge in [0.05, 0.1) is 0 Å². The highest BCUT2D eigenvalue weighted by atomic mass is 13.7. The second kappa shape index (κ2) is 29.3. The van der Waals surface area contributed by atoms with Gasteiger partial charge in [-0.1, -0.05) is 62.8 Å². The molecule has 0 nitrogen and oxygen atoms in total. The van der Waals surface area contributed by atoms with Gasteiger partial charge in [0.25, 0.3) is 0 Å². The molecule has 0 aromatic carbocycles. The van der Waals surface area contributed by atoms with Crippen molar-refractivity contribution in [3.05, 3.63) is 61.8 Å². The molecule has 0 aromatic heterocycles. The molecule has 0 atom stereocenters. The van der Waals surface area contributed by atoms with Gasteiger partial charge < -0.3 is 0 Å². The summed E-state index contributed by atoms with van der Waals surface area (Å²) in [5.74, 6) is 0. The van der Waals surface area contributed by atoms with Gasteiger partial charge in [-0.05, 0) is 27.2 Å². The van der Waals surface area contributed by atoms with Gasteiger partial charge in [0.2, 0.25) is 0 Å². The standard InChI is InChI=1S/C8H12.C5H10.C2H6.C2H4/c1-4-5-6-7-8(2)3;1-4-5(2)3;2*1-2/h4-7H,2H2,1,3H3;2,4H2,1,3H3;1-2H3;1-2H2/b5-4-,7-6-;;;. The zero-order chi connectivity index (χ0) is 14.7. The molecule has 0 saturated heterocycles. The summed E-state index contributed by atoms with van der Waals surface area (Å²) in [4.78, 5) is 0. The van der Waals surface area contributed by atoms with E-state index >= 15 is 0 Å². The molecule has 0 heteroatoms. The summed E-state index contributed by atoms with van der Waals surface area (Å²) >= 11 is 0. The number of hydrogen-bond acceptors (Lipinski definition) is 0. The zero-order valence-electron chi connectivity index (χ0n) is 12.8. The normalized spacial score (nSPS) is 8.12. The highest BCUT2D eigenvalue weighted by Crippen LogP contribution is 1.89. The summed E-state index contributed by atoms with van der Waals surface area (Å²) in [7, 11) is 0. The minimum absolute atomic E-state index is 1.09. The molecule has 0 aliphatic carbocycles. The molecule has 0 fully saturated rings. The van der Waals surface area contributed by atoms with E-state index in [1.807, 2.05) is 58.9 Å². The first-order valence-corrected chi connectivity index (χ1v) is 6.13. The molecule has 17 heavy (non-hydrogen) atoms. The lowest BCUT2D eigenvalue weighted by atomic mass is 10.3. The minimum Gasteiger partial charge on any atom is -0.106 e. The van der Waals surface area contributed by atoms with Gasteiger partial charge in [-0.3, -0.25) is 0 Å². The van der Waals surface area contributed by atoms with Crippen LogP contribution in [0.3, 0.4) is 0 Å². The van der Waals surface area contributed by atoms with Crippen molar-refractivity contribution in [2.45, 2.75) is 48.0 Å². The van der Waals surface area contributed by atoms with E-state index in [-0.39, 0.29) is 0 Å². The van der Waals surface area contributed by atoms with Crippen LogP contribution >= 0.6 is 0 Å². The Morgan fingerprint density at radius 1 is 1.00 bits per heavy atom. The average molecular weight is 236 g/mol. The molecule has 0 radical (unpaired) electrons. The highest BCUT2D eigenvalue weighted by molar-refractivity contribution is 5.16. The van der Waals surface area contributed by atoms with Crippen molar-refractivity contribution >= 4 is 0 Å². The van der Waals surface area contributed by atoms with Gasteiger partial charge in [-0.15, -0.1) is 19.7 Å². The Bertz CT molecular complexity index is 204. The van der Waals surface area contributed by atoms with Crippen LogP contribution in [-0.2, 0) is 0 Å². The van der Waals surface area contributed by atoms with Crippen LogP contribution in [-0.4, -0.2) is 0 Å². The van der Waals surface area contributed by atoms with Gasteiger partial charge in [-0.25, -0.2) is 0 Å². The number of allylic oxidation sites excluding steroid dienone is 6. The molecule has 0 aliphatic heterocycles. The van der Waals surface area contributed by atoms with E-state index in [1.165, 1.54) is 5.57 Å². The van der Waals surface area contributed by atoms with Crippen molar-refractivity contribution in [2.24, 2.45) is 0 Å². The predicted molar refractivity (Wildman–Crippen MR) is 86.5 cm³/mol. The Hall–Kier alpha value is -1.30. The Balaban J connectivity index is -0.0000000809. The first kappa shape index (κ1) is 24.8. The molecule has 0 N–H and O–H groups in total. The average Bonchev–Trinajstić information content (AvgIpc) is 2.35. The van der Waals surface area contributed by atoms with Gasteiger partial charge in [0.1, 0.15) is 0 Å². The van der Waals surface area contributed by atoms with Crippen molar-refractivity contribution in [3.63, 3.8) is 0 Å². The van der Waals surface area contributed by atoms with Crippen LogP contribution in [0.25, 0.3) is 0 Å². The van der Waals surface area contributed by atoms with Gasteiger partial charge in [0.15, 0.2) is 0 Å². The van der Waals surface area contributed by atoms with Gasteiger partial charge in [-0.2, -0.15) is 0 Å². The maximum Gasteiger partial charge on any atom is -0.0354 e. The molecule has 0 unspecified atom stereocenters. The van der Waals surface area contributed by atoms with Crippen LogP contribution in [0.4, 0.5) is 0 Å². The Labute approximate surface area is 110 Å². The quantitative estimate of drug-likeness (QED) is 0.388. The summed E-state index contributed by atoms with van der Waals surface area (Å²) in [6.07, 6.45) is 9.02. The predicted octanol–water partition coefficient (Wildman–Crippen LogP) is 6.50. The molecule has 0 aliphatic rings. The van der Waals surface area contributed by atoms with E-state index in [2.05, 4.69) is 33.2 Å². The summed E-state index contributed by atoms with van der Waals surface area (Å²) < 4.78 is 0. The lowest BCUT2D eigenvalue weighted by Gasteiger charge is -1.79. The van der Waals surface area contributed by atoms with Crippen LogP contribution in [0.15, 0.2) is 61.8 Å². The third-order valence-corrected chi connectivity index (χ3v) is 1.29. The summed E-state index contributed by atoms with van der Waals surface area (Å²) in [6.45, 7) is 25.5. The van der Waals surface area contributed by atoms with Crippen LogP contribution in [0.5, 0.6) is 0 Å². The molecule has 0 rings (SSSR count). The van der Waals surface area contributed by atoms with Crippen molar-refractivity contribution < 1.29 is 0 Å². The van der Waals surface area contributed by atoms with E-state index in [1.54, 1.807) is 0 Å². The lowest BCUT2D eigenvalue weighted by Crippen LogP contribution is -1.58. The highest BCUT2D eigenvalue weighted by Gasteiger charge is 1.67. The second-order valence-corrected chi connectivity index (χ2v) is 3.04. The van der Waals surface area contributed by atoms with E-state index in [9.17, 15) is 0 Å². The van der Waals surface area contributed by atoms with Crippen LogP contribution in [0.1, 0.15) is 48.0 Å². The fourth-order valence-electron chi connectivity index (χ4n) is 0.331. The maximum absolute atomic E-state index is 3.71. The summed E-state index contributed by atoms with van der Waals surface area (Å²) in [5.41, 5.74) is 2.34. The van der Waals surface area contributed by atoms with Crippen molar-refractivity contribution in [3.8, 4) is 0 Å².